The number of fused-ring (bicyclic) bond motifs is 3. The molecule has 0 aliphatic carbocycles. The Morgan fingerprint density at radius 2 is 1.88 bits per heavy atom. The van der Waals surface area contributed by atoms with Gasteiger partial charge in [-0.2, -0.15) is 0 Å². The second-order valence-corrected chi connectivity index (χ2v) is 3.96. The largest absolute Gasteiger partial charge is 0.361 e. The lowest BCUT2D eigenvalue weighted by Crippen LogP contribution is -2.51. The molecule has 0 aromatic heterocycles. The molecule has 0 saturated heterocycles. The van der Waals surface area contributed by atoms with Gasteiger partial charge in [0.25, 0.3) is 5.91 Å². The van der Waals surface area contributed by atoms with Crippen LogP contribution in [-0.2, 0) is 4.79 Å². The van der Waals surface area contributed by atoms with Crippen molar-refractivity contribution in [3.8, 4) is 0 Å². The van der Waals surface area contributed by atoms with E-state index in [-0.39, 0.29) is 0 Å². The van der Waals surface area contributed by atoms with Gasteiger partial charge in [-0.25, -0.2) is 0 Å². The summed E-state index contributed by atoms with van der Waals surface area (Å²) in [4.78, 5) is 25.1. The van der Waals surface area contributed by atoms with Crippen molar-refractivity contribution in [2.75, 3.05) is 4.90 Å². The summed E-state index contributed by atoms with van der Waals surface area (Å²) in [5.41, 5.74) is -1.07. The number of hydrogen-bond acceptors (Lipinski definition) is 3. The minimum Gasteiger partial charge on any atom is -0.361 e. The third-order valence-electron chi connectivity index (χ3n) is 2.96. The fourth-order valence-electron chi connectivity index (χ4n) is 2.18. The smallest absolute Gasteiger partial charge is 0.253 e. The first kappa shape index (κ1) is 9.99. The van der Waals surface area contributed by atoms with E-state index in [2.05, 4.69) is 0 Å². The molecule has 1 amide bonds. The van der Waals surface area contributed by atoms with Gasteiger partial charge in [-0.3, -0.25) is 14.5 Å². The molecule has 1 N–H and O–H groups in total. The number of allylic oxidation sites excluding steroid dienone is 2. The molecule has 0 spiro atoms. The van der Waals surface area contributed by atoms with Gasteiger partial charge >= 0.3 is 0 Å². The van der Waals surface area contributed by atoms with Crippen molar-refractivity contribution in [3.63, 3.8) is 0 Å². The van der Waals surface area contributed by atoms with Gasteiger partial charge in [0.05, 0.1) is 5.69 Å². The Kier molecular flexibility index (Phi) is 1.85. The molecule has 4 nitrogen and oxygen atoms in total. The molecule has 0 bridgehead atoms. The van der Waals surface area contributed by atoms with Crippen molar-refractivity contribution in [1.29, 1.82) is 0 Å². The molecule has 1 atom stereocenters. The summed E-state index contributed by atoms with van der Waals surface area (Å²) in [6.45, 7) is 0. The summed E-state index contributed by atoms with van der Waals surface area (Å²) < 4.78 is 0. The number of ketones is 1. The maximum absolute atomic E-state index is 12.1. The lowest BCUT2D eigenvalue weighted by atomic mass is 10.1. The lowest BCUT2D eigenvalue weighted by Gasteiger charge is -2.27. The van der Waals surface area contributed by atoms with E-state index in [0.29, 0.717) is 11.3 Å². The Morgan fingerprint density at radius 3 is 2.71 bits per heavy atom. The molecular formula is C13H9NO3. The van der Waals surface area contributed by atoms with Crippen LogP contribution < -0.4 is 4.90 Å². The highest BCUT2D eigenvalue weighted by Crippen LogP contribution is 2.39. The number of rotatable bonds is 0. The predicted molar refractivity (Wildman–Crippen MR) is 61.5 cm³/mol. The number of carbonyl (C=O) groups is 2. The van der Waals surface area contributed by atoms with Gasteiger partial charge in [0.1, 0.15) is 0 Å². The van der Waals surface area contributed by atoms with Crippen LogP contribution in [0.3, 0.4) is 0 Å². The average Bonchev–Trinajstić information content (AvgIpc) is 2.45. The number of aliphatic hydroxyl groups is 1. The molecule has 2 aliphatic rings. The molecule has 2 aliphatic heterocycles. The Labute approximate surface area is 97.5 Å². The first-order valence-electron chi connectivity index (χ1n) is 5.21. The number of amides is 1. The monoisotopic (exact) mass is 227 g/mol. The van der Waals surface area contributed by atoms with Crippen molar-refractivity contribution in [2.24, 2.45) is 0 Å². The van der Waals surface area contributed by atoms with E-state index in [1.807, 2.05) is 0 Å². The van der Waals surface area contributed by atoms with E-state index in [4.69, 9.17) is 0 Å². The zero-order valence-electron chi connectivity index (χ0n) is 8.83. The minimum absolute atomic E-state index is 0.364. The Morgan fingerprint density at radius 1 is 1.12 bits per heavy atom. The average molecular weight is 227 g/mol. The third kappa shape index (κ3) is 1.15. The molecule has 0 saturated carbocycles. The maximum atomic E-state index is 12.1. The highest BCUT2D eigenvalue weighted by atomic mass is 16.3. The van der Waals surface area contributed by atoms with Crippen LogP contribution >= 0.6 is 0 Å². The van der Waals surface area contributed by atoms with Gasteiger partial charge in [0, 0.05) is 11.6 Å². The number of carbonyl (C=O) groups excluding carboxylic acids is 2. The molecule has 17 heavy (non-hydrogen) atoms. The number of hydrogen-bond donors (Lipinski definition) is 1. The van der Waals surface area contributed by atoms with E-state index in [0.717, 1.165) is 4.90 Å². The standard InChI is InChI=1S/C13H9NO3/c15-11-7-3-4-8-13(17)12(16)9-5-1-2-6-10(9)14(11)13/h1-8,17H. The summed E-state index contributed by atoms with van der Waals surface area (Å²) in [5.74, 6) is -0.878. The first-order chi connectivity index (χ1) is 8.14. The summed E-state index contributed by atoms with van der Waals surface area (Å²) in [7, 11) is 0. The van der Waals surface area contributed by atoms with Gasteiger partial charge in [0.2, 0.25) is 11.5 Å². The van der Waals surface area contributed by atoms with E-state index < -0.39 is 17.4 Å². The second kappa shape index (κ2) is 3.15. The van der Waals surface area contributed by atoms with Crippen molar-refractivity contribution in [3.05, 3.63) is 54.1 Å². The van der Waals surface area contributed by atoms with Crippen LogP contribution in [0.4, 0.5) is 5.69 Å². The van der Waals surface area contributed by atoms with Gasteiger partial charge in [0.15, 0.2) is 0 Å². The number of anilines is 1. The minimum atomic E-state index is -1.88. The Balaban J connectivity index is 2.30. The van der Waals surface area contributed by atoms with Crippen molar-refractivity contribution in [1.82, 2.24) is 0 Å². The fourth-order valence-corrected chi connectivity index (χ4v) is 2.18. The topological polar surface area (TPSA) is 57.6 Å². The van der Waals surface area contributed by atoms with Crippen LogP contribution in [0.2, 0.25) is 0 Å². The molecule has 1 aromatic carbocycles. The van der Waals surface area contributed by atoms with Gasteiger partial charge in [-0.05, 0) is 18.2 Å². The van der Waals surface area contributed by atoms with E-state index in [1.165, 1.54) is 24.3 Å². The van der Waals surface area contributed by atoms with E-state index in [9.17, 15) is 14.7 Å². The number of nitrogens with zero attached hydrogens (tertiary/aromatic N) is 1. The predicted octanol–water partition coefficient (Wildman–Crippen LogP) is 1.03. The summed E-state index contributed by atoms with van der Waals surface area (Å²) in [5, 5.41) is 10.4. The van der Waals surface area contributed by atoms with Crippen LogP contribution in [0, 0.1) is 0 Å². The highest BCUT2D eigenvalue weighted by Gasteiger charge is 2.51. The van der Waals surface area contributed by atoms with Crippen LogP contribution in [0.15, 0.2) is 48.6 Å². The van der Waals surface area contributed by atoms with E-state index in [1.54, 1.807) is 24.3 Å². The number of benzene rings is 1. The van der Waals surface area contributed by atoms with Gasteiger partial charge in [-0.15, -0.1) is 0 Å². The van der Waals surface area contributed by atoms with Crippen LogP contribution in [0.1, 0.15) is 10.4 Å². The molecule has 1 unspecified atom stereocenters. The molecule has 3 rings (SSSR count). The van der Waals surface area contributed by atoms with Gasteiger partial charge < -0.3 is 5.11 Å². The normalized spacial score (nSPS) is 25.8. The van der Waals surface area contributed by atoms with Crippen molar-refractivity contribution in [2.45, 2.75) is 5.72 Å². The molecule has 1 aromatic rings. The second-order valence-electron chi connectivity index (χ2n) is 3.96. The molecule has 0 radical (unpaired) electrons. The molecular weight excluding hydrogens is 218 g/mol. The number of para-hydroxylation sites is 1. The van der Waals surface area contributed by atoms with Crippen molar-refractivity contribution < 1.29 is 14.7 Å². The first-order valence-corrected chi connectivity index (χ1v) is 5.21. The lowest BCUT2D eigenvalue weighted by molar-refractivity contribution is -0.116. The molecule has 2 heterocycles. The summed E-state index contributed by atoms with van der Waals surface area (Å²) in [6, 6.07) is 6.69. The highest BCUT2D eigenvalue weighted by molar-refractivity contribution is 6.22. The Hall–Kier alpha value is -2.20. The maximum Gasteiger partial charge on any atom is 0.253 e. The zero-order valence-corrected chi connectivity index (χ0v) is 8.83. The quantitative estimate of drug-likeness (QED) is 0.720. The van der Waals surface area contributed by atoms with Crippen LogP contribution in [0.5, 0.6) is 0 Å². The van der Waals surface area contributed by atoms with Gasteiger partial charge in [-0.1, -0.05) is 24.3 Å². The van der Waals surface area contributed by atoms with E-state index >= 15 is 0 Å². The van der Waals surface area contributed by atoms with Crippen molar-refractivity contribution >= 4 is 17.4 Å². The zero-order chi connectivity index (χ0) is 12.0. The SMILES string of the molecule is O=C1C=CC=CC2(O)C(=O)c3ccccc3N12. The Bertz CT molecular complexity index is 588. The third-order valence-corrected chi connectivity index (χ3v) is 2.96. The summed E-state index contributed by atoms with van der Waals surface area (Å²) >= 11 is 0. The molecule has 84 valence electrons. The molecule has 0 fully saturated rings. The summed E-state index contributed by atoms with van der Waals surface area (Å²) in [6.07, 6.45) is 5.66. The number of Topliss-reactive ketones (excluding diaryl/α,β-unsaturated/α-hetero) is 1. The van der Waals surface area contributed by atoms with Crippen LogP contribution in [-0.4, -0.2) is 22.5 Å². The molecule has 4 heteroatoms. The fraction of sp³-hybridized carbons (Fsp3) is 0.0769. The van der Waals surface area contributed by atoms with Crippen LogP contribution in [0.25, 0.3) is 0 Å².